The number of rotatable bonds is 3. The Labute approximate surface area is 115 Å². The second-order valence-electron chi connectivity index (χ2n) is 5.91. The Morgan fingerprint density at radius 1 is 1.11 bits per heavy atom. The number of hydrogen-bond donors (Lipinski definition) is 1. The summed E-state index contributed by atoms with van der Waals surface area (Å²) >= 11 is 0. The highest BCUT2D eigenvalue weighted by molar-refractivity contribution is 5.15. The van der Waals surface area contributed by atoms with E-state index in [-0.39, 0.29) is 5.54 Å². The Morgan fingerprint density at radius 2 is 1.84 bits per heavy atom. The van der Waals surface area contributed by atoms with Crippen molar-refractivity contribution in [2.75, 3.05) is 32.9 Å². The molecule has 0 spiro atoms. The maximum absolute atomic E-state index is 10.9. The second kappa shape index (κ2) is 5.81. The van der Waals surface area contributed by atoms with E-state index in [2.05, 4.69) is 11.0 Å². The first kappa shape index (κ1) is 13.4. The molecule has 3 rings (SSSR count). The summed E-state index contributed by atoms with van der Waals surface area (Å²) in [5.41, 5.74) is -0.104. The molecular formula is C15H25NO3. The van der Waals surface area contributed by atoms with Crippen LogP contribution < -0.4 is 0 Å². The summed E-state index contributed by atoms with van der Waals surface area (Å²) in [6, 6.07) is 0. The van der Waals surface area contributed by atoms with Gasteiger partial charge in [-0.15, -0.1) is 0 Å². The van der Waals surface area contributed by atoms with Crippen molar-refractivity contribution in [2.45, 2.75) is 50.2 Å². The van der Waals surface area contributed by atoms with Crippen molar-refractivity contribution < 1.29 is 14.6 Å². The Kier molecular flexibility index (Phi) is 4.10. The molecule has 2 heterocycles. The molecule has 1 saturated heterocycles. The van der Waals surface area contributed by atoms with Crippen LogP contribution in [0.3, 0.4) is 0 Å². The van der Waals surface area contributed by atoms with Gasteiger partial charge < -0.3 is 14.6 Å². The zero-order chi connectivity index (χ0) is 13.1. The fourth-order valence-corrected chi connectivity index (χ4v) is 3.79. The lowest BCUT2D eigenvalue weighted by atomic mass is 9.86. The van der Waals surface area contributed by atoms with E-state index in [1.165, 1.54) is 12.8 Å². The standard InChI is InChI=1S/C15H25NO3/c17-14(13-5-1-4-10-19-13)15(6-2-3-7-15)16-8-11-18-12-9-16/h5,14,17H,1-4,6-12H2. The number of morpholine rings is 1. The van der Waals surface area contributed by atoms with Crippen molar-refractivity contribution in [3.63, 3.8) is 0 Å². The highest BCUT2D eigenvalue weighted by Crippen LogP contribution is 2.41. The van der Waals surface area contributed by atoms with Gasteiger partial charge in [0.1, 0.15) is 11.9 Å². The highest BCUT2D eigenvalue weighted by Gasteiger charge is 2.47. The molecular weight excluding hydrogens is 242 g/mol. The Balaban J connectivity index is 1.80. The van der Waals surface area contributed by atoms with Gasteiger partial charge >= 0.3 is 0 Å². The van der Waals surface area contributed by atoms with Crippen molar-refractivity contribution in [1.29, 1.82) is 0 Å². The SMILES string of the molecule is OC(C1=CCCCO1)C1(N2CCOCC2)CCCC1. The van der Waals surface area contributed by atoms with Gasteiger partial charge in [0, 0.05) is 13.1 Å². The number of allylic oxidation sites excluding steroid dienone is 1. The minimum atomic E-state index is -0.464. The minimum absolute atomic E-state index is 0.104. The molecule has 1 unspecified atom stereocenters. The van der Waals surface area contributed by atoms with Gasteiger partial charge in [-0.05, 0) is 31.8 Å². The van der Waals surface area contributed by atoms with Crippen LogP contribution in [0, 0.1) is 0 Å². The van der Waals surface area contributed by atoms with Gasteiger partial charge in [0.2, 0.25) is 0 Å². The van der Waals surface area contributed by atoms with Crippen LogP contribution in [-0.2, 0) is 9.47 Å². The number of aliphatic hydroxyl groups excluding tert-OH is 1. The molecule has 108 valence electrons. The molecule has 1 saturated carbocycles. The minimum Gasteiger partial charge on any atom is -0.495 e. The van der Waals surface area contributed by atoms with E-state index >= 15 is 0 Å². The van der Waals surface area contributed by atoms with Gasteiger partial charge in [-0.25, -0.2) is 0 Å². The first-order chi connectivity index (χ1) is 9.33. The molecule has 1 atom stereocenters. The summed E-state index contributed by atoms with van der Waals surface area (Å²) in [5, 5.41) is 10.9. The number of nitrogens with zero attached hydrogens (tertiary/aromatic N) is 1. The molecule has 3 aliphatic rings. The average molecular weight is 267 g/mol. The quantitative estimate of drug-likeness (QED) is 0.845. The molecule has 0 bridgehead atoms. The lowest BCUT2D eigenvalue weighted by Crippen LogP contribution is -2.59. The lowest BCUT2D eigenvalue weighted by molar-refractivity contribution is -0.0801. The molecule has 0 radical (unpaired) electrons. The van der Waals surface area contributed by atoms with Crippen LogP contribution in [0.25, 0.3) is 0 Å². The maximum atomic E-state index is 10.9. The van der Waals surface area contributed by atoms with Crippen molar-refractivity contribution in [3.8, 4) is 0 Å². The number of hydrogen-bond acceptors (Lipinski definition) is 4. The maximum Gasteiger partial charge on any atom is 0.129 e. The van der Waals surface area contributed by atoms with E-state index in [9.17, 15) is 5.11 Å². The predicted molar refractivity (Wildman–Crippen MR) is 72.9 cm³/mol. The van der Waals surface area contributed by atoms with Gasteiger partial charge in [0.05, 0.1) is 25.4 Å². The third-order valence-corrected chi connectivity index (χ3v) is 4.85. The van der Waals surface area contributed by atoms with Crippen molar-refractivity contribution in [1.82, 2.24) is 4.90 Å². The third kappa shape index (κ3) is 2.54. The van der Waals surface area contributed by atoms with E-state index in [0.717, 1.165) is 64.4 Å². The van der Waals surface area contributed by atoms with Gasteiger partial charge in [-0.1, -0.05) is 12.8 Å². The van der Waals surface area contributed by atoms with E-state index < -0.39 is 6.10 Å². The van der Waals surface area contributed by atoms with Crippen LogP contribution in [0.1, 0.15) is 38.5 Å². The molecule has 0 aromatic rings. The summed E-state index contributed by atoms with van der Waals surface area (Å²) < 4.78 is 11.2. The molecule has 1 N–H and O–H groups in total. The van der Waals surface area contributed by atoms with Crippen LogP contribution in [0.2, 0.25) is 0 Å². The van der Waals surface area contributed by atoms with Crippen molar-refractivity contribution in [3.05, 3.63) is 11.8 Å². The van der Waals surface area contributed by atoms with E-state index in [0.29, 0.717) is 0 Å². The predicted octanol–water partition coefficient (Wildman–Crippen LogP) is 1.69. The van der Waals surface area contributed by atoms with Gasteiger partial charge in [-0.3, -0.25) is 4.90 Å². The van der Waals surface area contributed by atoms with Crippen LogP contribution in [0.15, 0.2) is 11.8 Å². The zero-order valence-corrected chi connectivity index (χ0v) is 11.6. The monoisotopic (exact) mass is 267 g/mol. The Bertz CT molecular complexity index is 330. The molecule has 0 amide bonds. The molecule has 19 heavy (non-hydrogen) atoms. The van der Waals surface area contributed by atoms with E-state index in [1.807, 2.05) is 0 Å². The van der Waals surface area contributed by atoms with E-state index in [1.54, 1.807) is 0 Å². The molecule has 4 nitrogen and oxygen atoms in total. The second-order valence-corrected chi connectivity index (χ2v) is 5.91. The number of ether oxygens (including phenoxy) is 2. The molecule has 0 aromatic heterocycles. The molecule has 1 aliphatic carbocycles. The molecule has 2 aliphatic heterocycles. The van der Waals surface area contributed by atoms with Gasteiger partial charge in [0.15, 0.2) is 0 Å². The molecule has 4 heteroatoms. The first-order valence-electron chi connectivity index (χ1n) is 7.67. The lowest BCUT2D eigenvalue weighted by Gasteiger charge is -2.46. The highest BCUT2D eigenvalue weighted by atomic mass is 16.5. The van der Waals surface area contributed by atoms with Gasteiger partial charge in [-0.2, -0.15) is 0 Å². The summed E-state index contributed by atoms with van der Waals surface area (Å²) in [4.78, 5) is 2.45. The zero-order valence-electron chi connectivity index (χ0n) is 11.6. The summed E-state index contributed by atoms with van der Waals surface area (Å²) in [5.74, 6) is 0.819. The Morgan fingerprint density at radius 3 is 2.47 bits per heavy atom. The number of aliphatic hydroxyl groups is 1. The summed E-state index contributed by atoms with van der Waals surface area (Å²) in [6.45, 7) is 4.19. The fourth-order valence-electron chi connectivity index (χ4n) is 3.79. The van der Waals surface area contributed by atoms with Gasteiger partial charge in [0.25, 0.3) is 0 Å². The largest absolute Gasteiger partial charge is 0.495 e. The van der Waals surface area contributed by atoms with Crippen LogP contribution in [0.4, 0.5) is 0 Å². The van der Waals surface area contributed by atoms with Crippen molar-refractivity contribution >= 4 is 0 Å². The summed E-state index contributed by atoms with van der Waals surface area (Å²) in [6.07, 6.45) is 8.31. The first-order valence-corrected chi connectivity index (χ1v) is 7.67. The normalized spacial score (nSPS) is 29.6. The summed E-state index contributed by atoms with van der Waals surface area (Å²) in [7, 11) is 0. The third-order valence-electron chi connectivity index (χ3n) is 4.85. The van der Waals surface area contributed by atoms with Crippen LogP contribution in [0.5, 0.6) is 0 Å². The fraction of sp³-hybridized carbons (Fsp3) is 0.867. The van der Waals surface area contributed by atoms with Crippen LogP contribution >= 0.6 is 0 Å². The van der Waals surface area contributed by atoms with Crippen LogP contribution in [-0.4, -0.2) is 54.6 Å². The molecule has 2 fully saturated rings. The average Bonchev–Trinajstić information content (AvgIpc) is 2.99. The smallest absolute Gasteiger partial charge is 0.129 e. The topological polar surface area (TPSA) is 41.9 Å². The van der Waals surface area contributed by atoms with Crippen molar-refractivity contribution in [2.24, 2.45) is 0 Å². The van der Waals surface area contributed by atoms with E-state index in [4.69, 9.17) is 9.47 Å². The Hall–Kier alpha value is -0.580. The molecule has 0 aromatic carbocycles.